The average molecular weight is 343 g/mol. The molecular formula is C18H21N3O2S. The summed E-state index contributed by atoms with van der Waals surface area (Å²) in [4.78, 5) is 21.3. The van der Waals surface area contributed by atoms with Crippen LogP contribution in [0.5, 0.6) is 0 Å². The Hall–Kier alpha value is -2.18. The average Bonchev–Trinajstić information content (AvgIpc) is 3.05. The molecule has 0 saturated heterocycles. The number of carbonyl (C=O) groups excluding carboxylic acids is 1. The van der Waals surface area contributed by atoms with Crippen molar-refractivity contribution in [3.05, 3.63) is 58.4 Å². The zero-order valence-corrected chi connectivity index (χ0v) is 15.1. The van der Waals surface area contributed by atoms with Gasteiger partial charge >= 0.3 is 0 Å². The number of methoxy groups -OCH3 is 1. The fraction of sp³-hybridized carbons (Fsp3) is 0.333. The van der Waals surface area contributed by atoms with Crippen LogP contribution in [0.3, 0.4) is 0 Å². The highest BCUT2D eigenvalue weighted by Gasteiger charge is 2.25. The van der Waals surface area contributed by atoms with E-state index in [-0.39, 0.29) is 5.91 Å². The first-order valence-electron chi connectivity index (χ1n) is 7.78. The van der Waals surface area contributed by atoms with Gasteiger partial charge in [0.15, 0.2) is 11.1 Å². The van der Waals surface area contributed by atoms with Crippen LogP contribution in [0.25, 0.3) is 4.96 Å². The zero-order valence-electron chi connectivity index (χ0n) is 14.3. The molecule has 2 aromatic heterocycles. The monoisotopic (exact) mass is 343 g/mol. The molecule has 1 atom stereocenters. The number of rotatable bonds is 5. The maximum atomic E-state index is 12.8. The van der Waals surface area contributed by atoms with Gasteiger partial charge in [-0.2, -0.15) is 0 Å². The first-order valence-corrected chi connectivity index (χ1v) is 8.59. The molecule has 0 aliphatic carbocycles. The van der Waals surface area contributed by atoms with Crippen LogP contribution < -0.4 is 0 Å². The Morgan fingerprint density at radius 1 is 1.33 bits per heavy atom. The highest BCUT2D eigenvalue weighted by molar-refractivity contribution is 7.17. The number of benzene rings is 1. The number of likely N-dealkylation sites (N-methyl/N-ethyl adjacent to an activating group) is 1. The Morgan fingerprint density at radius 3 is 2.71 bits per heavy atom. The maximum Gasteiger partial charge on any atom is 0.256 e. The summed E-state index contributed by atoms with van der Waals surface area (Å²) in [5, 5.41) is 0. The number of hydrogen-bond donors (Lipinski definition) is 0. The Labute approximate surface area is 145 Å². The van der Waals surface area contributed by atoms with E-state index < -0.39 is 6.10 Å². The smallest absolute Gasteiger partial charge is 0.256 e. The maximum absolute atomic E-state index is 12.8. The van der Waals surface area contributed by atoms with Gasteiger partial charge in [0.05, 0.1) is 17.9 Å². The van der Waals surface area contributed by atoms with E-state index in [0.29, 0.717) is 6.54 Å². The second-order valence-electron chi connectivity index (χ2n) is 5.86. The van der Waals surface area contributed by atoms with Crippen molar-refractivity contribution in [2.75, 3.05) is 14.2 Å². The molecule has 0 aliphatic rings. The van der Waals surface area contributed by atoms with E-state index in [1.54, 1.807) is 30.4 Å². The van der Waals surface area contributed by atoms with Crippen molar-refractivity contribution < 1.29 is 9.53 Å². The van der Waals surface area contributed by atoms with Gasteiger partial charge in [-0.3, -0.25) is 9.20 Å². The summed E-state index contributed by atoms with van der Waals surface area (Å²) in [6, 6.07) is 9.56. The Bertz CT molecular complexity index is 854. The van der Waals surface area contributed by atoms with E-state index in [4.69, 9.17) is 4.74 Å². The molecule has 5 nitrogen and oxygen atoms in total. The van der Waals surface area contributed by atoms with Crippen LogP contribution in [-0.4, -0.2) is 34.3 Å². The van der Waals surface area contributed by atoms with Crippen LogP contribution in [-0.2, 0) is 16.1 Å². The second-order valence-corrected chi connectivity index (χ2v) is 7.07. The van der Waals surface area contributed by atoms with Crippen LogP contribution in [0.4, 0.5) is 0 Å². The van der Waals surface area contributed by atoms with Crippen molar-refractivity contribution in [2.24, 2.45) is 0 Å². The summed E-state index contributed by atoms with van der Waals surface area (Å²) in [5.41, 5.74) is 2.85. The van der Waals surface area contributed by atoms with E-state index in [0.717, 1.165) is 21.9 Å². The molecule has 126 valence electrons. The highest BCUT2D eigenvalue weighted by Crippen LogP contribution is 2.23. The molecule has 0 aliphatic heterocycles. The standard InChI is InChI=1S/C18H21N3O2S/c1-12-10-21-15(13(2)19-18(21)24-12)11-20(3)17(22)16(23-4)14-8-6-5-7-9-14/h5-10,16H,11H2,1-4H3/t16-/m0/s1. The number of thiazole rings is 1. The van der Waals surface area contributed by atoms with Gasteiger partial charge in [0.2, 0.25) is 0 Å². The topological polar surface area (TPSA) is 46.8 Å². The minimum Gasteiger partial charge on any atom is -0.367 e. The lowest BCUT2D eigenvalue weighted by atomic mass is 10.1. The minimum atomic E-state index is -0.593. The van der Waals surface area contributed by atoms with Gasteiger partial charge in [-0.05, 0) is 19.4 Å². The third-order valence-corrected chi connectivity index (χ3v) is 4.96. The van der Waals surface area contributed by atoms with Crippen molar-refractivity contribution in [1.82, 2.24) is 14.3 Å². The Morgan fingerprint density at radius 2 is 2.04 bits per heavy atom. The molecule has 0 spiro atoms. The van der Waals surface area contributed by atoms with E-state index in [1.807, 2.05) is 37.3 Å². The highest BCUT2D eigenvalue weighted by atomic mass is 32.1. The largest absolute Gasteiger partial charge is 0.367 e. The first-order chi connectivity index (χ1) is 11.5. The van der Waals surface area contributed by atoms with E-state index in [9.17, 15) is 4.79 Å². The minimum absolute atomic E-state index is 0.0648. The summed E-state index contributed by atoms with van der Waals surface area (Å²) in [7, 11) is 3.36. The number of aromatic nitrogens is 2. The SMILES string of the molecule is CO[C@H](C(=O)N(C)Cc1c(C)nc2sc(C)cn12)c1ccccc1. The number of fused-ring (bicyclic) bond motifs is 1. The van der Waals surface area contributed by atoms with Crippen molar-refractivity contribution in [3.63, 3.8) is 0 Å². The lowest BCUT2D eigenvalue weighted by molar-refractivity contribution is -0.141. The lowest BCUT2D eigenvalue weighted by Gasteiger charge is -2.23. The molecule has 2 heterocycles. The molecular weight excluding hydrogens is 322 g/mol. The van der Waals surface area contributed by atoms with Crippen molar-refractivity contribution in [3.8, 4) is 0 Å². The summed E-state index contributed by atoms with van der Waals surface area (Å²) in [6.07, 6.45) is 1.47. The Kier molecular flexibility index (Phi) is 4.69. The van der Waals surface area contributed by atoms with Crippen LogP contribution in [0.15, 0.2) is 36.5 Å². The predicted octanol–water partition coefficient (Wildman–Crippen LogP) is 3.36. The fourth-order valence-corrected chi connectivity index (χ4v) is 3.70. The van der Waals surface area contributed by atoms with Crippen LogP contribution >= 0.6 is 11.3 Å². The van der Waals surface area contributed by atoms with Crippen LogP contribution in [0, 0.1) is 13.8 Å². The summed E-state index contributed by atoms with van der Waals surface area (Å²) in [5.74, 6) is -0.0648. The molecule has 0 unspecified atom stereocenters. The molecule has 24 heavy (non-hydrogen) atoms. The van der Waals surface area contributed by atoms with E-state index in [2.05, 4.69) is 22.5 Å². The molecule has 0 radical (unpaired) electrons. The fourth-order valence-electron chi connectivity index (χ4n) is 2.81. The lowest BCUT2D eigenvalue weighted by Crippen LogP contribution is -2.32. The molecule has 1 amide bonds. The number of imidazole rings is 1. The number of hydrogen-bond acceptors (Lipinski definition) is 4. The van der Waals surface area contributed by atoms with Crippen LogP contribution in [0.1, 0.15) is 27.9 Å². The Balaban J connectivity index is 1.83. The number of ether oxygens (including phenoxy) is 1. The quantitative estimate of drug-likeness (QED) is 0.714. The van der Waals surface area contributed by atoms with Gasteiger partial charge < -0.3 is 9.64 Å². The number of carbonyl (C=O) groups is 1. The zero-order chi connectivity index (χ0) is 17.3. The first kappa shape index (κ1) is 16.7. The number of amides is 1. The van der Waals surface area contributed by atoms with Crippen molar-refractivity contribution in [2.45, 2.75) is 26.5 Å². The van der Waals surface area contributed by atoms with Gasteiger partial charge in [-0.1, -0.05) is 30.3 Å². The van der Waals surface area contributed by atoms with Gasteiger partial charge in [0.25, 0.3) is 5.91 Å². The normalized spacial score (nSPS) is 12.5. The molecule has 0 N–H and O–H groups in total. The summed E-state index contributed by atoms with van der Waals surface area (Å²) in [6.45, 7) is 4.53. The molecule has 0 fully saturated rings. The third kappa shape index (κ3) is 3.07. The van der Waals surface area contributed by atoms with E-state index >= 15 is 0 Å². The third-order valence-electron chi connectivity index (χ3n) is 4.07. The molecule has 0 saturated carbocycles. The van der Waals surface area contributed by atoms with Gasteiger partial charge in [-0.25, -0.2) is 4.98 Å². The van der Waals surface area contributed by atoms with Gasteiger partial charge in [-0.15, -0.1) is 11.3 Å². The molecule has 3 rings (SSSR count). The van der Waals surface area contributed by atoms with E-state index in [1.165, 1.54) is 4.88 Å². The van der Waals surface area contributed by atoms with Gasteiger partial charge in [0.1, 0.15) is 0 Å². The molecule has 1 aromatic carbocycles. The summed E-state index contributed by atoms with van der Waals surface area (Å²) >= 11 is 1.65. The summed E-state index contributed by atoms with van der Waals surface area (Å²) < 4.78 is 7.52. The van der Waals surface area contributed by atoms with Crippen LogP contribution in [0.2, 0.25) is 0 Å². The van der Waals surface area contributed by atoms with Gasteiger partial charge in [0, 0.05) is 25.2 Å². The molecule has 3 aromatic rings. The predicted molar refractivity (Wildman–Crippen MR) is 95.2 cm³/mol. The molecule has 0 bridgehead atoms. The van der Waals surface area contributed by atoms with Crippen molar-refractivity contribution in [1.29, 1.82) is 0 Å². The van der Waals surface area contributed by atoms with Crippen molar-refractivity contribution >= 4 is 22.2 Å². The second kappa shape index (κ2) is 6.75. The number of nitrogens with zero attached hydrogens (tertiary/aromatic N) is 3. The number of aryl methyl sites for hydroxylation is 2. The molecule has 6 heteroatoms.